The molecular weight excluding hydrogens is 250 g/mol. The standard InChI is InChI=1S/C13H21NO5/c1-6-18-10(16)13(5)8-14(7-9(13)15)11(17)19-12(2,3)4/h6-8H2,1-5H3/t13-/m1/s1. The molecule has 6 heteroatoms. The predicted octanol–water partition coefficient (Wildman–Crippen LogP) is 1.38. The Bertz CT molecular complexity index is 398. The van der Waals surface area contributed by atoms with Gasteiger partial charge < -0.3 is 9.47 Å². The highest BCUT2D eigenvalue weighted by Crippen LogP contribution is 2.29. The fourth-order valence-electron chi connectivity index (χ4n) is 1.80. The summed E-state index contributed by atoms with van der Waals surface area (Å²) in [5, 5.41) is 0. The summed E-state index contributed by atoms with van der Waals surface area (Å²) in [6.07, 6.45) is -0.589. The van der Waals surface area contributed by atoms with Crippen molar-refractivity contribution >= 4 is 17.8 Å². The van der Waals surface area contributed by atoms with Crippen LogP contribution in [0.15, 0.2) is 0 Å². The van der Waals surface area contributed by atoms with E-state index in [0.717, 1.165) is 0 Å². The first-order valence-electron chi connectivity index (χ1n) is 6.28. The van der Waals surface area contributed by atoms with E-state index in [1.807, 2.05) is 0 Å². The van der Waals surface area contributed by atoms with Crippen molar-refractivity contribution in [2.75, 3.05) is 19.7 Å². The van der Waals surface area contributed by atoms with Crippen LogP contribution < -0.4 is 0 Å². The van der Waals surface area contributed by atoms with Gasteiger partial charge in [-0.3, -0.25) is 14.5 Å². The molecule has 1 amide bonds. The molecule has 1 atom stereocenters. The van der Waals surface area contributed by atoms with Crippen LogP contribution in [0.25, 0.3) is 0 Å². The second-order valence-electron chi connectivity index (χ2n) is 5.81. The van der Waals surface area contributed by atoms with Crippen molar-refractivity contribution in [3.63, 3.8) is 0 Å². The Balaban J connectivity index is 2.77. The lowest BCUT2D eigenvalue weighted by atomic mass is 9.89. The number of esters is 1. The third kappa shape index (κ3) is 3.45. The maximum Gasteiger partial charge on any atom is 0.410 e. The fourth-order valence-corrected chi connectivity index (χ4v) is 1.80. The minimum atomic E-state index is -1.28. The molecule has 0 radical (unpaired) electrons. The van der Waals surface area contributed by atoms with Crippen molar-refractivity contribution in [2.24, 2.45) is 5.41 Å². The SMILES string of the molecule is CCOC(=O)[C@]1(C)CN(C(=O)OC(C)(C)C)CC1=O. The lowest BCUT2D eigenvalue weighted by molar-refractivity contribution is -0.156. The third-order valence-corrected chi connectivity index (χ3v) is 2.83. The molecule has 1 saturated heterocycles. The number of likely N-dealkylation sites (tertiary alicyclic amines) is 1. The second kappa shape index (κ2) is 5.19. The molecule has 0 saturated carbocycles. The maximum absolute atomic E-state index is 11.9. The topological polar surface area (TPSA) is 72.9 Å². The average Bonchev–Trinajstić information content (AvgIpc) is 2.55. The number of carbonyl (C=O) groups is 3. The second-order valence-corrected chi connectivity index (χ2v) is 5.81. The number of amides is 1. The van der Waals surface area contributed by atoms with E-state index in [2.05, 4.69) is 0 Å². The Morgan fingerprint density at radius 1 is 1.37 bits per heavy atom. The van der Waals surface area contributed by atoms with Gasteiger partial charge in [0.15, 0.2) is 5.78 Å². The van der Waals surface area contributed by atoms with E-state index in [-0.39, 0.29) is 25.5 Å². The fraction of sp³-hybridized carbons (Fsp3) is 0.769. The zero-order valence-electron chi connectivity index (χ0n) is 12.1. The molecule has 1 heterocycles. The van der Waals surface area contributed by atoms with Gasteiger partial charge in [-0.1, -0.05) is 0 Å². The summed E-state index contributed by atoms with van der Waals surface area (Å²) in [6, 6.07) is 0. The van der Waals surface area contributed by atoms with Crippen molar-refractivity contribution in [1.82, 2.24) is 4.90 Å². The van der Waals surface area contributed by atoms with Crippen LogP contribution in [0.3, 0.4) is 0 Å². The summed E-state index contributed by atoms with van der Waals surface area (Å²) in [7, 11) is 0. The Labute approximate surface area is 113 Å². The molecule has 1 fully saturated rings. The lowest BCUT2D eigenvalue weighted by Crippen LogP contribution is -2.40. The van der Waals surface area contributed by atoms with E-state index in [0.29, 0.717) is 0 Å². The van der Waals surface area contributed by atoms with E-state index in [1.54, 1.807) is 27.7 Å². The highest BCUT2D eigenvalue weighted by atomic mass is 16.6. The molecule has 0 aliphatic carbocycles. The normalized spacial score (nSPS) is 23.4. The van der Waals surface area contributed by atoms with Gasteiger partial charge in [0, 0.05) is 6.54 Å². The molecule has 0 bridgehead atoms. The average molecular weight is 271 g/mol. The predicted molar refractivity (Wildman–Crippen MR) is 67.6 cm³/mol. The Morgan fingerprint density at radius 2 is 1.95 bits per heavy atom. The number of rotatable bonds is 2. The monoisotopic (exact) mass is 271 g/mol. The van der Waals surface area contributed by atoms with E-state index < -0.39 is 23.1 Å². The molecule has 108 valence electrons. The molecular formula is C13H21NO5. The van der Waals surface area contributed by atoms with Crippen molar-refractivity contribution < 1.29 is 23.9 Å². The molecule has 6 nitrogen and oxygen atoms in total. The van der Waals surface area contributed by atoms with E-state index >= 15 is 0 Å². The van der Waals surface area contributed by atoms with Gasteiger partial charge in [-0.15, -0.1) is 0 Å². The summed E-state index contributed by atoms with van der Waals surface area (Å²) in [5.74, 6) is -0.914. The first-order chi connectivity index (χ1) is 8.60. The molecule has 0 aromatic carbocycles. The highest BCUT2D eigenvalue weighted by molar-refractivity contribution is 6.07. The molecule has 1 aliphatic heterocycles. The van der Waals surface area contributed by atoms with Gasteiger partial charge in [0.05, 0.1) is 13.2 Å². The van der Waals surface area contributed by atoms with Crippen LogP contribution in [0, 0.1) is 5.41 Å². The van der Waals surface area contributed by atoms with Crippen LogP contribution >= 0.6 is 0 Å². The number of ether oxygens (including phenoxy) is 2. The molecule has 1 rings (SSSR count). The van der Waals surface area contributed by atoms with Gasteiger partial charge in [-0.2, -0.15) is 0 Å². The molecule has 0 unspecified atom stereocenters. The first-order valence-corrected chi connectivity index (χ1v) is 6.28. The number of Topliss-reactive ketones (excluding diaryl/α,β-unsaturated/α-hetero) is 1. The number of carbonyl (C=O) groups excluding carboxylic acids is 3. The summed E-state index contributed by atoms with van der Waals surface area (Å²) < 4.78 is 10.1. The lowest BCUT2D eigenvalue weighted by Gasteiger charge is -2.25. The van der Waals surface area contributed by atoms with E-state index in [4.69, 9.17) is 9.47 Å². The minimum Gasteiger partial charge on any atom is -0.465 e. The Hall–Kier alpha value is -1.59. The van der Waals surface area contributed by atoms with Crippen molar-refractivity contribution in [2.45, 2.75) is 40.2 Å². The van der Waals surface area contributed by atoms with Crippen LogP contribution in [0.2, 0.25) is 0 Å². The summed E-state index contributed by atoms with van der Waals surface area (Å²) in [4.78, 5) is 36.9. The number of nitrogens with zero attached hydrogens (tertiary/aromatic N) is 1. The van der Waals surface area contributed by atoms with Crippen LogP contribution in [0.4, 0.5) is 4.79 Å². The van der Waals surface area contributed by atoms with Crippen molar-refractivity contribution in [3.05, 3.63) is 0 Å². The number of hydrogen-bond acceptors (Lipinski definition) is 5. The van der Waals surface area contributed by atoms with Gasteiger partial charge in [-0.05, 0) is 34.6 Å². The quantitative estimate of drug-likeness (QED) is 0.560. The van der Waals surface area contributed by atoms with E-state index in [1.165, 1.54) is 11.8 Å². The largest absolute Gasteiger partial charge is 0.465 e. The van der Waals surface area contributed by atoms with E-state index in [9.17, 15) is 14.4 Å². The van der Waals surface area contributed by atoms with Gasteiger partial charge in [0.1, 0.15) is 11.0 Å². The van der Waals surface area contributed by atoms with Gasteiger partial charge in [0.25, 0.3) is 0 Å². The molecule has 1 aliphatic rings. The zero-order chi connectivity index (χ0) is 14.8. The Morgan fingerprint density at radius 3 is 2.42 bits per heavy atom. The van der Waals surface area contributed by atoms with Gasteiger partial charge in [-0.25, -0.2) is 4.79 Å². The summed E-state index contributed by atoms with van der Waals surface area (Å²) in [5.41, 5.74) is -1.92. The summed E-state index contributed by atoms with van der Waals surface area (Å²) >= 11 is 0. The van der Waals surface area contributed by atoms with Gasteiger partial charge in [0.2, 0.25) is 0 Å². The number of ketones is 1. The van der Waals surface area contributed by atoms with Gasteiger partial charge >= 0.3 is 12.1 Å². The smallest absolute Gasteiger partial charge is 0.410 e. The molecule has 0 aromatic heterocycles. The van der Waals surface area contributed by atoms with Crippen LogP contribution in [0.5, 0.6) is 0 Å². The van der Waals surface area contributed by atoms with Crippen LogP contribution in [-0.4, -0.2) is 48.0 Å². The number of hydrogen-bond donors (Lipinski definition) is 0. The maximum atomic E-state index is 11.9. The Kier molecular flexibility index (Phi) is 4.22. The third-order valence-electron chi connectivity index (χ3n) is 2.83. The van der Waals surface area contributed by atoms with Crippen molar-refractivity contribution in [1.29, 1.82) is 0 Å². The highest BCUT2D eigenvalue weighted by Gasteiger charge is 2.51. The zero-order valence-corrected chi connectivity index (χ0v) is 12.1. The minimum absolute atomic E-state index is 0.000417. The van der Waals surface area contributed by atoms with Crippen LogP contribution in [0.1, 0.15) is 34.6 Å². The molecule has 0 N–H and O–H groups in total. The van der Waals surface area contributed by atoms with Crippen molar-refractivity contribution in [3.8, 4) is 0 Å². The first kappa shape index (κ1) is 15.5. The molecule has 0 spiro atoms. The molecule has 0 aromatic rings. The van der Waals surface area contributed by atoms with Crippen LogP contribution in [-0.2, 0) is 19.1 Å². The molecule has 19 heavy (non-hydrogen) atoms. The summed E-state index contributed by atoms with van der Waals surface area (Å²) in [6.45, 7) is 8.48.